The monoisotopic (exact) mass is 315 g/mol. The third kappa shape index (κ3) is 6.70. The van der Waals surface area contributed by atoms with E-state index in [1.165, 1.54) is 19.2 Å². The van der Waals surface area contributed by atoms with Crippen LogP contribution in [0.5, 0.6) is 0 Å². The molecule has 0 aliphatic heterocycles. The zero-order chi connectivity index (χ0) is 15.7. The summed E-state index contributed by atoms with van der Waals surface area (Å²) >= 11 is 0. The van der Waals surface area contributed by atoms with Gasteiger partial charge in [0.05, 0.1) is 18.4 Å². The van der Waals surface area contributed by atoms with E-state index in [-0.39, 0.29) is 12.4 Å². The van der Waals surface area contributed by atoms with E-state index in [1.807, 2.05) is 0 Å². The minimum atomic E-state index is -3.39. The number of esters is 1. The predicted molar refractivity (Wildman–Crippen MR) is 79.3 cm³/mol. The maximum atomic E-state index is 11.9. The van der Waals surface area contributed by atoms with Crippen molar-refractivity contribution in [2.24, 2.45) is 0 Å². The van der Waals surface area contributed by atoms with E-state index >= 15 is 0 Å². The summed E-state index contributed by atoms with van der Waals surface area (Å²) in [5.41, 5.74) is 0.987. The van der Waals surface area contributed by atoms with Crippen LogP contribution in [-0.4, -0.2) is 39.8 Å². The summed E-state index contributed by atoms with van der Waals surface area (Å²) in [6.07, 6.45) is 2.16. The van der Waals surface area contributed by atoms with Crippen molar-refractivity contribution in [2.75, 3.05) is 20.3 Å². The van der Waals surface area contributed by atoms with E-state index in [1.54, 1.807) is 12.1 Å². The molecule has 0 spiro atoms. The lowest BCUT2D eigenvalue weighted by molar-refractivity contribution is 0.0600. The molecule has 0 aromatic heterocycles. The first kappa shape index (κ1) is 17.6. The number of methoxy groups -OCH3 is 1. The van der Waals surface area contributed by atoms with Gasteiger partial charge in [-0.3, -0.25) is 0 Å². The minimum Gasteiger partial charge on any atom is -0.465 e. The van der Waals surface area contributed by atoms with Crippen LogP contribution in [0.3, 0.4) is 0 Å². The van der Waals surface area contributed by atoms with Crippen LogP contribution in [0.25, 0.3) is 0 Å². The maximum absolute atomic E-state index is 11.9. The molecule has 0 aliphatic rings. The average Bonchev–Trinajstić information content (AvgIpc) is 2.46. The van der Waals surface area contributed by atoms with Gasteiger partial charge < -0.3 is 9.84 Å². The van der Waals surface area contributed by atoms with Crippen LogP contribution in [0.2, 0.25) is 0 Å². The highest BCUT2D eigenvalue weighted by Gasteiger charge is 2.12. The first-order valence-corrected chi connectivity index (χ1v) is 8.39. The van der Waals surface area contributed by atoms with Gasteiger partial charge in [0.15, 0.2) is 0 Å². The number of benzene rings is 1. The Balaban J connectivity index is 2.49. The van der Waals surface area contributed by atoms with Gasteiger partial charge in [0.2, 0.25) is 10.0 Å². The van der Waals surface area contributed by atoms with Crippen molar-refractivity contribution in [3.8, 4) is 0 Å². The SMILES string of the molecule is COC(=O)c1ccc(CS(=O)(=O)NCCCCCO)cc1. The number of hydrogen-bond acceptors (Lipinski definition) is 5. The van der Waals surface area contributed by atoms with Gasteiger partial charge in [0.25, 0.3) is 0 Å². The Labute approximate surface area is 125 Å². The van der Waals surface area contributed by atoms with E-state index in [9.17, 15) is 13.2 Å². The smallest absolute Gasteiger partial charge is 0.337 e. The summed E-state index contributed by atoms with van der Waals surface area (Å²) < 4.78 is 30.8. The fraction of sp³-hybridized carbons (Fsp3) is 0.500. The quantitative estimate of drug-likeness (QED) is 0.525. The van der Waals surface area contributed by atoms with Gasteiger partial charge in [-0.2, -0.15) is 0 Å². The summed E-state index contributed by atoms with van der Waals surface area (Å²) in [6.45, 7) is 0.488. The molecule has 0 radical (unpaired) electrons. The second-order valence-corrected chi connectivity index (χ2v) is 6.43. The molecule has 0 saturated heterocycles. The summed E-state index contributed by atoms with van der Waals surface area (Å²) in [7, 11) is -2.10. The number of hydrogen-bond donors (Lipinski definition) is 2. The molecule has 0 fully saturated rings. The van der Waals surface area contributed by atoms with E-state index < -0.39 is 16.0 Å². The molecular formula is C14H21NO5S. The van der Waals surface area contributed by atoms with Crippen LogP contribution < -0.4 is 4.72 Å². The largest absolute Gasteiger partial charge is 0.465 e. The molecule has 1 aromatic carbocycles. The van der Waals surface area contributed by atoms with Crippen molar-refractivity contribution in [1.82, 2.24) is 4.72 Å². The second-order valence-electron chi connectivity index (χ2n) is 4.63. The highest BCUT2D eigenvalue weighted by molar-refractivity contribution is 7.88. The molecule has 0 heterocycles. The standard InChI is InChI=1S/C14H21NO5S/c1-20-14(17)13-7-5-12(6-8-13)11-21(18,19)15-9-3-2-4-10-16/h5-8,15-16H,2-4,9-11H2,1H3. The number of sulfonamides is 1. The molecule has 0 unspecified atom stereocenters. The molecule has 7 heteroatoms. The highest BCUT2D eigenvalue weighted by Crippen LogP contribution is 2.09. The van der Waals surface area contributed by atoms with Crippen LogP contribution in [0, 0.1) is 0 Å². The number of aliphatic hydroxyl groups is 1. The van der Waals surface area contributed by atoms with Crippen LogP contribution in [-0.2, 0) is 20.5 Å². The van der Waals surface area contributed by atoms with Crippen molar-refractivity contribution in [3.05, 3.63) is 35.4 Å². The number of aliphatic hydroxyl groups excluding tert-OH is 1. The molecule has 1 rings (SSSR count). The van der Waals surface area contributed by atoms with Gasteiger partial charge in [0.1, 0.15) is 0 Å². The minimum absolute atomic E-state index is 0.124. The predicted octanol–water partition coefficient (Wildman–Crippen LogP) is 1.06. The highest BCUT2D eigenvalue weighted by atomic mass is 32.2. The number of rotatable bonds is 9. The molecule has 118 valence electrons. The zero-order valence-corrected chi connectivity index (χ0v) is 12.9. The van der Waals surface area contributed by atoms with Crippen molar-refractivity contribution < 1.29 is 23.1 Å². The molecule has 0 aliphatic carbocycles. The van der Waals surface area contributed by atoms with Crippen LogP contribution in [0.15, 0.2) is 24.3 Å². The lowest BCUT2D eigenvalue weighted by Gasteiger charge is -2.07. The Bertz CT molecular complexity index is 539. The van der Waals surface area contributed by atoms with Crippen molar-refractivity contribution in [2.45, 2.75) is 25.0 Å². The molecule has 2 N–H and O–H groups in total. The third-order valence-electron chi connectivity index (χ3n) is 2.89. The molecule has 1 aromatic rings. The topological polar surface area (TPSA) is 92.7 Å². The molecule has 0 amide bonds. The number of nitrogens with one attached hydrogen (secondary N) is 1. The van der Waals surface area contributed by atoms with E-state index in [0.717, 1.165) is 6.42 Å². The van der Waals surface area contributed by atoms with E-state index in [2.05, 4.69) is 9.46 Å². The van der Waals surface area contributed by atoms with Gasteiger partial charge in [-0.1, -0.05) is 12.1 Å². The molecular weight excluding hydrogens is 294 g/mol. The van der Waals surface area contributed by atoms with Crippen LogP contribution in [0.4, 0.5) is 0 Å². The Morgan fingerprint density at radius 3 is 2.43 bits per heavy atom. The van der Waals surface area contributed by atoms with Gasteiger partial charge >= 0.3 is 5.97 Å². The normalized spacial score (nSPS) is 11.3. The molecule has 6 nitrogen and oxygen atoms in total. The lowest BCUT2D eigenvalue weighted by atomic mass is 10.1. The summed E-state index contributed by atoms with van der Waals surface area (Å²) in [5.74, 6) is -0.583. The Hall–Kier alpha value is -1.44. The fourth-order valence-corrected chi connectivity index (χ4v) is 2.96. The number of ether oxygens (including phenoxy) is 1. The van der Waals surface area contributed by atoms with E-state index in [4.69, 9.17) is 5.11 Å². The molecule has 21 heavy (non-hydrogen) atoms. The Morgan fingerprint density at radius 1 is 1.19 bits per heavy atom. The second kappa shape index (κ2) is 8.76. The molecule has 0 atom stereocenters. The first-order chi connectivity index (χ1) is 9.98. The number of unbranched alkanes of at least 4 members (excludes halogenated alkanes) is 2. The number of carbonyl (C=O) groups excluding carboxylic acids is 1. The third-order valence-corrected chi connectivity index (χ3v) is 4.25. The van der Waals surface area contributed by atoms with Crippen LogP contribution in [0.1, 0.15) is 35.2 Å². The maximum Gasteiger partial charge on any atom is 0.337 e. The molecule has 0 saturated carbocycles. The first-order valence-electron chi connectivity index (χ1n) is 6.74. The lowest BCUT2D eigenvalue weighted by Crippen LogP contribution is -2.26. The van der Waals surface area contributed by atoms with E-state index in [0.29, 0.717) is 30.5 Å². The molecule has 0 bridgehead atoms. The fourth-order valence-electron chi connectivity index (χ4n) is 1.77. The Kier molecular flexibility index (Phi) is 7.35. The summed E-state index contributed by atoms with van der Waals surface area (Å²) in [4.78, 5) is 11.3. The zero-order valence-electron chi connectivity index (χ0n) is 12.0. The average molecular weight is 315 g/mol. The van der Waals surface area contributed by atoms with Crippen molar-refractivity contribution in [1.29, 1.82) is 0 Å². The van der Waals surface area contributed by atoms with Crippen LogP contribution >= 0.6 is 0 Å². The summed E-state index contributed by atoms with van der Waals surface area (Å²) in [5, 5.41) is 8.63. The van der Waals surface area contributed by atoms with Gasteiger partial charge in [-0.15, -0.1) is 0 Å². The van der Waals surface area contributed by atoms with Gasteiger partial charge in [0, 0.05) is 13.2 Å². The summed E-state index contributed by atoms with van der Waals surface area (Å²) in [6, 6.07) is 6.27. The Morgan fingerprint density at radius 2 is 1.86 bits per heavy atom. The van der Waals surface area contributed by atoms with Gasteiger partial charge in [-0.05, 0) is 37.0 Å². The van der Waals surface area contributed by atoms with Crippen molar-refractivity contribution >= 4 is 16.0 Å². The number of carbonyl (C=O) groups is 1. The van der Waals surface area contributed by atoms with Gasteiger partial charge in [-0.25, -0.2) is 17.9 Å². The van der Waals surface area contributed by atoms with Crippen molar-refractivity contribution in [3.63, 3.8) is 0 Å².